The molecule has 0 saturated carbocycles. The summed E-state index contributed by atoms with van der Waals surface area (Å²) < 4.78 is 12.5. The number of hydrogen-bond acceptors (Lipinski definition) is 4. The molecule has 2 N–H and O–H groups in total. The third kappa shape index (κ3) is 5.07. The predicted octanol–water partition coefficient (Wildman–Crippen LogP) is 5.22. The summed E-state index contributed by atoms with van der Waals surface area (Å²) in [6.07, 6.45) is 2.03. The fourth-order valence-corrected chi connectivity index (χ4v) is 3.37. The van der Waals surface area contributed by atoms with Crippen molar-refractivity contribution in [3.8, 4) is 5.75 Å². The van der Waals surface area contributed by atoms with Gasteiger partial charge in [-0.05, 0) is 62.7 Å². The van der Waals surface area contributed by atoms with Gasteiger partial charge in [-0.3, -0.25) is 0 Å². The molecule has 1 aliphatic heterocycles. The van der Waals surface area contributed by atoms with Crippen molar-refractivity contribution in [3.05, 3.63) is 34.3 Å². The van der Waals surface area contributed by atoms with Crippen molar-refractivity contribution < 1.29 is 14.4 Å². The van der Waals surface area contributed by atoms with Gasteiger partial charge in [0.25, 0.3) is 0 Å². The van der Waals surface area contributed by atoms with Crippen LogP contribution < -0.4 is 5.32 Å². The fourth-order valence-electron chi connectivity index (χ4n) is 3.37. The lowest BCUT2D eigenvalue weighted by Crippen LogP contribution is -2.41. The molecule has 5 heteroatoms. The molecule has 1 aromatic rings. The molecule has 0 unspecified atom stereocenters. The third-order valence-electron chi connectivity index (χ3n) is 6.09. The lowest BCUT2D eigenvalue weighted by molar-refractivity contribution is 0.00578. The minimum Gasteiger partial charge on any atom is -0.507 e. The minimum absolute atomic E-state index is 0.0240. The molecular weight excluding hydrogens is 361 g/mol. The largest absolute Gasteiger partial charge is 0.507 e. The molecule has 0 aromatic heterocycles. The monoisotopic (exact) mass is 401 g/mol. The van der Waals surface area contributed by atoms with Gasteiger partial charge in [-0.25, -0.2) is 0 Å². The van der Waals surface area contributed by atoms with Crippen molar-refractivity contribution in [1.82, 2.24) is 5.32 Å². The molecular formula is C24H40BNO3. The standard InChI is InChI=1S/C24H40BNO3/c1-21(2,3)17-12-16(20(27)19(14-17)22(4,5)6)13-18(15-26-11)25-28-23(7,8)24(9,10)29-25/h12-14,26-27H,15H2,1-11H3. The molecule has 1 heterocycles. The molecule has 0 atom stereocenters. The van der Waals surface area contributed by atoms with E-state index in [1.807, 2.05) is 13.1 Å². The van der Waals surface area contributed by atoms with Crippen LogP contribution in [0, 0.1) is 0 Å². The molecule has 1 saturated heterocycles. The molecule has 162 valence electrons. The minimum atomic E-state index is -0.455. The molecule has 1 fully saturated rings. The van der Waals surface area contributed by atoms with E-state index in [1.165, 1.54) is 5.56 Å². The SMILES string of the molecule is CNCC(=Cc1cc(C(C)(C)C)cc(C(C)(C)C)c1O)B1OC(C)(C)C(C)(C)O1. The number of aromatic hydroxyl groups is 1. The van der Waals surface area contributed by atoms with E-state index in [9.17, 15) is 5.11 Å². The molecule has 0 amide bonds. The highest BCUT2D eigenvalue weighted by Gasteiger charge is 2.52. The first-order valence-electron chi connectivity index (χ1n) is 10.6. The fraction of sp³-hybridized carbons (Fsp3) is 0.667. The Bertz CT molecular complexity index is 767. The van der Waals surface area contributed by atoms with Gasteiger partial charge < -0.3 is 19.7 Å². The summed E-state index contributed by atoms with van der Waals surface area (Å²) in [5, 5.41) is 14.4. The highest BCUT2D eigenvalue weighted by atomic mass is 16.7. The van der Waals surface area contributed by atoms with Crippen LogP contribution in [-0.4, -0.2) is 37.0 Å². The zero-order valence-corrected chi connectivity index (χ0v) is 20.3. The maximum absolute atomic E-state index is 11.1. The van der Waals surface area contributed by atoms with Crippen molar-refractivity contribution in [2.75, 3.05) is 13.6 Å². The maximum atomic E-state index is 11.1. The van der Waals surface area contributed by atoms with Gasteiger partial charge in [0, 0.05) is 17.7 Å². The maximum Gasteiger partial charge on any atom is 0.491 e. The lowest BCUT2D eigenvalue weighted by Gasteiger charge is -2.32. The normalized spacial score (nSPS) is 19.7. The zero-order valence-electron chi connectivity index (χ0n) is 20.3. The Balaban J connectivity index is 2.62. The van der Waals surface area contributed by atoms with Crippen LogP contribution in [0.15, 0.2) is 17.6 Å². The van der Waals surface area contributed by atoms with Gasteiger partial charge in [0.05, 0.1) is 11.2 Å². The quantitative estimate of drug-likeness (QED) is 0.679. The Labute approximate surface area is 178 Å². The van der Waals surface area contributed by atoms with Crippen LogP contribution in [0.25, 0.3) is 6.08 Å². The van der Waals surface area contributed by atoms with E-state index in [0.717, 1.165) is 16.6 Å². The summed E-state index contributed by atoms with van der Waals surface area (Å²) in [4.78, 5) is 0. The first kappa shape index (κ1) is 24.0. The third-order valence-corrected chi connectivity index (χ3v) is 6.09. The first-order valence-corrected chi connectivity index (χ1v) is 10.6. The first-order chi connectivity index (χ1) is 13.0. The Kier molecular flexibility index (Phi) is 6.41. The predicted molar refractivity (Wildman–Crippen MR) is 123 cm³/mol. The van der Waals surface area contributed by atoms with E-state index < -0.39 is 18.3 Å². The van der Waals surface area contributed by atoms with E-state index in [0.29, 0.717) is 12.3 Å². The molecule has 29 heavy (non-hydrogen) atoms. The number of phenols is 1. The van der Waals surface area contributed by atoms with Gasteiger partial charge in [0.15, 0.2) is 0 Å². The molecule has 0 spiro atoms. The van der Waals surface area contributed by atoms with Crippen molar-refractivity contribution in [3.63, 3.8) is 0 Å². The van der Waals surface area contributed by atoms with Gasteiger partial charge in [-0.1, -0.05) is 53.7 Å². The van der Waals surface area contributed by atoms with E-state index in [4.69, 9.17) is 9.31 Å². The Morgan fingerprint density at radius 2 is 1.52 bits per heavy atom. The van der Waals surface area contributed by atoms with Crippen LogP contribution in [0.3, 0.4) is 0 Å². The number of rotatable bonds is 4. The summed E-state index contributed by atoms with van der Waals surface area (Å²) >= 11 is 0. The van der Waals surface area contributed by atoms with Crippen LogP contribution in [-0.2, 0) is 20.1 Å². The van der Waals surface area contributed by atoms with Crippen LogP contribution in [0.1, 0.15) is 85.9 Å². The second-order valence-electron chi connectivity index (χ2n) is 11.3. The second-order valence-corrected chi connectivity index (χ2v) is 11.3. The lowest BCUT2D eigenvalue weighted by atomic mass is 9.75. The smallest absolute Gasteiger partial charge is 0.491 e. The summed E-state index contributed by atoms with van der Waals surface area (Å²) in [6, 6.07) is 4.23. The van der Waals surface area contributed by atoms with Crippen LogP contribution >= 0.6 is 0 Å². The Morgan fingerprint density at radius 1 is 1.00 bits per heavy atom. The summed E-state index contributed by atoms with van der Waals surface area (Å²) in [7, 11) is 1.45. The zero-order chi connectivity index (χ0) is 22.4. The average molecular weight is 401 g/mol. The highest BCUT2D eigenvalue weighted by Crippen LogP contribution is 2.41. The number of hydrogen-bond donors (Lipinski definition) is 2. The molecule has 2 rings (SSSR count). The second kappa shape index (κ2) is 7.75. The van der Waals surface area contributed by atoms with Gasteiger partial charge in [-0.2, -0.15) is 0 Å². The molecule has 0 aliphatic carbocycles. The molecule has 1 aromatic carbocycles. The number of nitrogens with one attached hydrogen (secondary N) is 1. The van der Waals surface area contributed by atoms with E-state index in [1.54, 1.807) is 0 Å². The number of benzene rings is 1. The summed E-state index contributed by atoms with van der Waals surface area (Å²) in [5.74, 6) is 0.329. The van der Waals surface area contributed by atoms with E-state index in [2.05, 4.69) is 86.7 Å². The van der Waals surface area contributed by atoms with Crippen molar-refractivity contribution >= 4 is 13.2 Å². The van der Waals surface area contributed by atoms with Crippen molar-refractivity contribution in [2.45, 2.75) is 91.3 Å². The summed E-state index contributed by atoms with van der Waals surface area (Å²) in [6.45, 7) is 21.8. The molecule has 1 aliphatic rings. The molecule has 0 radical (unpaired) electrons. The van der Waals surface area contributed by atoms with E-state index in [-0.39, 0.29) is 10.8 Å². The highest BCUT2D eigenvalue weighted by molar-refractivity contribution is 6.56. The molecule has 4 nitrogen and oxygen atoms in total. The van der Waals surface area contributed by atoms with Gasteiger partial charge >= 0.3 is 7.12 Å². The van der Waals surface area contributed by atoms with E-state index >= 15 is 0 Å². The number of likely N-dealkylation sites (N-methyl/N-ethyl adjacent to an activating group) is 1. The number of phenolic OH excluding ortho intramolecular Hbond substituents is 1. The van der Waals surface area contributed by atoms with Gasteiger partial charge in [0.2, 0.25) is 0 Å². The Morgan fingerprint density at radius 3 is 1.93 bits per heavy atom. The van der Waals surface area contributed by atoms with Gasteiger partial charge in [-0.15, -0.1) is 0 Å². The average Bonchev–Trinajstić information content (AvgIpc) is 2.74. The van der Waals surface area contributed by atoms with Gasteiger partial charge in [0.1, 0.15) is 5.75 Å². The van der Waals surface area contributed by atoms with Crippen LogP contribution in [0.2, 0.25) is 0 Å². The summed E-state index contributed by atoms with van der Waals surface area (Å²) in [5.41, 5.74) is 2.92. The van der Waals surface area contributed by atoms with Crippen molar-refractivity contribution in [1.29, 1.82) is 0 Å². The van der Waals surface area contributed by atoms with Crippen LogP contribution in [0.5, 0.6) is 5.75 Å². The van der Waals surface area contributed by atoms with Crippen LogP contribution in [0.4, 0.5) is 0 Å². The topological polar surface area (TPSA) is 50.7 Å². The Hall–Kier alpha value is -1.30. The molecule has 0 bridgehead atoms. The van der Waals surface area contributed by atoms with Crippen molar-refractivity contribution in [2.24, 2.45) is 0 Å².